The summed E-state index contributed by atoms with van der Waals surface area (Å²) in [4.78, 5) is 35.6. The summed E-state index contributed by atoms with van der Waals surface area (Å²) in [5, 5.41) is 14.4. The summed E-state index contributed by atoms with van der Waals surface area (Å²) in [5.41, 5.74) is 1.48. The van der Waals surface area contributed by atoms with Gasteiger partial charge in [-0.1, -0.05) is 42.5 Å². The Morgan fingerprint density at radius 2 is 1.64 bits per heavy atom. The average Bonchev–Trinajstić information content (AvgIpc) is 2.64. The van der Waals surface area contributed by atoms with Crippen molar-refractivity contribution in [2.45, 2.75) is 38.3 Å². The van der Waals surface area contributed by atoms with E-state index < -0.39 is 35.7 Å². The maximum absolute atomic E-state index is 13.4. The van der Waals surface area contributed by atoms with Crippen molar-refractivity contribution in [1.82, 2.24) is 10.6 Å². The van der Waals surface area contributed by atoms with Crippen molar-refractivity contribution < 1.29 is 23.9 Å². The number of aliphatic carboxylic acids is 1. The first-order valence-corrected chi connectivity index (χ1v) is 8.94. The zero-order valence-electron chi connectivity index (χ0n) is 15.5. The van der Waals surface area contributed by atoms with E-state index in [-0.39, 0.29) is 12.8 Å². The molecule has 7 heteroatoms. The third-order valence-corrected chi connectivity index (χ3v) is 4.20. The van der Waals surface area contributed by atoms with Crippen LogP contribution in [0.1, 0.15) is 24.5 Å². The van der Waals surface area contributed by atoms with Gasteiger partial charge in [0.2, 0.25) is 11.8 Å². The molecule has 2 rings (SSSR count). The number of carboxylic acid groups (broad SMARTS) is 1. The first-order valence-electron chi connectivity index (χ1n) is 8.94. The van der Waals surface area contributed by atoms with Crippen LogP contribution in [0.15, 0.2) is 54.6 Å². The molecule has 2 aromatic rings. The number of rotatable bonds is 9. The standard InChI is InChI=1S/C21H23FN2O4/c1-14(25)23-19(13-16-8-5-9-17(22)12-16)20(26)24-18(21(27)28)11-10-15-6-3-2-4-7-15/h2-9,12,18-19H,10-11,13H2,1H3,(H,23,25)(H,24,26)(H,27,28)/t18-,19+/m1/s1. The molecule has 0 unspecified atom stereocenters. The lowest BCUT2D eigenvalue weighted by molar-refractivity contribution is -0.142. The zero-order chi connectivity index (χ0) is 20.5. The van der Waals surface area contributed by atoms with E-state index in [4.69, 9.17) is 0 Å². The Morgan fingerprint density at radius 1 is 0.964 bits per heavy atom. The minimum absolute atomic E-state index is 0.0498. The van der Waals surface area contributed by atoms with E-state index in [0.717, 1.165) is 5.56 Å². The van der Waals surface area contributed by atoms with Gasteiger partial charge in [-0.05, 0) is 36.1 Å². The zero-order valence-corrected chi connectivity index (χ0v) is 15.5. The molecule has 3 N–H and O–H groups in total. The topological polar surface area (TPSA) is 95.5 Å². The van der Waals surface area contributed by atoms with Gasteiger partial charge in [0.25, 0.3) is 0 Å². The number of amides is 2. The molecule has 6 nitrogen and oxygen atoms in total. The highest BCUT2D eigenvalue weighted by molar-refractivity contribution is 5.90. The Kier molecular flexibility index (Phi) is 7.68. The van der Waals surface area contributed by atoms with Crippen LogP contribution in [0, 0.1) is 5.82 Å². The SMILES string of the molecule is CC(=O)N[C@@H](Cc1cccc(F)c1)C(=O)N[C@H](CCc1ccccc1)C(=O)O. The molecule has 0 bridgehead atoms. The molecule has 28 heavy (non-hydrogen) atoms. The van der Waals surface area contributed by atoms with Crippen LogP contribution in [-0.2, 0) is 27.2 Å². The van der Waals surface area contributed by atoms with E-state index in [1.807, 2.05) is 30.3 Å². The Hall–Kier alpha value is -3.22. The van der Waals surface area contributed by atoms with Crippen molar-refractivity contribution in [2.75, 3.05) is 0 Å². The molecule has 0 saturated heterocycles. The molecule has 0 aliphatic rings. The van der Waals surface area contributed by atoms with Crippen LogP contribution >= 0.6 is 0 Å². The second-order valence-electron chi connectivity index (χ2n) is 6.51. The third kappa shape index (κ3) is 6.83. The summed E-state index contributed by atoms with van der Waals surface area (Å²) in [5.74, 6) is -2.67. The highest BCUT2D eigenvalue weighted by Crippen LogP contribution is 2.09. The van der Waals surface area contributed by atoms with Crippen LogP contribution in [0.3, 0.4) is 0 Å². The number of hydrogen-bond acceptors (Lipinski definition) is 3. The number of carboxylic acids is 1. The molecule has 2 aromatic carbocycles. The number of nitrogens with one attached hydrogen (secondary N) is 2. The smallest absolute Gasteiger partial charge is 0.326 e. The number of carbonyl (C=O) groups excluding carboxylic acids is 2. The van der Waals surface area contributed by atoms with E-state index in [1.165, 1.54) is 25.1 Å². The summed E-state index contributed by atoms with van der Waals surface area (Å²) in [7, 11) is 0. The summed E-state index contributed by atoms with van der Waals surface area (Å²) >= 11 is 0. The molecule has 2 atom stereocenters. The van der Waals surface area contributed by atoms with Gasteiger partial charge in [0.1, 0.15) is 17.9 Å². The molecule has 148 valence electrons. The van der Waals surface area contributed by atoms with E-state index >= 15 is 0 Å². The molecule has 0 aromatic heterocycles. The van der Waals surface area contributed by atoms with Crippen molar-refractivity contribution in [3.63, 3.8) is 0 Å². The Balaban J connectivity index is 2.05. The van der Waals surface area contributed by atoms with Gasteiger partial charge in [-0.25, -0.2) is 9.18 Å². The van der Waals surface area contributed by atoms with E-state index in [2.05, 4.69) is 10.6 Å². The van der Waals surface area contributed by atoms with Gasteiger partial charge in [0.05, 0.1) is 0 Å². The number of aryl methyl sites for hydroxylation is 1. The second kappa shape index (κ2) is 10.2. The molecule has 0 heterocycles. The van der Waals surface area contributed by atoms with Gasteiger partial charge < -0.3 is 15.7 Å². The first-order chi connectivity index (χ1) is 13.3. The normalized spacial score (nSPS) is 12.6. The van der Waals surface area contributed by atoms with Gasteiger partial charge in [0.15, 0.2) is 0 Å². The molecule has 0 spiro atoms. The third-order valence-electron chi connectivity index (χ3n) is 4.20. The number of hydrogen-bond donors (Lipinski definition) is 3. The maximum atomic E-state index is 13.4. The van der Waals surface area contributed by atoms with Gasteiger partial charge in [0, 0.05) is 13.3 Å². The predicted molar refractivity (Wildman–Crippen MR) is 102 cm³/mol. The van der Waals surface area contributed by atoms with E-state index in [0.29, 0.717) is 12.0 Å². The Bertz CT molecular complexity index is 826. The maximum Gasteiger partial charge on any atom is 0.326 e. The van der Waals surface area contributed by atoms with Crippen LogP contribution < -0.4 is 10.6 Å². The molecule has 0 fully saturated rings. The van der Waals surface area contributed by atoms with Crippen molar-refractivity contribution in [1.29, 1.82) is 0 Å². The monoisotopic (exact) mass is 386 g/mol. The molecule has 0 aliphatic heterocycles. The van der Waals surface area contributed by atoms with Gasteiger partial charge in [-0.3, -0.25) is 9.59 Å². The molecular weight excluding hydrogens is 363 g/mol. The quantitative estimate of drug-likeness (QED) is 0.615. The number of carbonyl (C=O) groups is 3. The number of halogens is 1. The highest BCUT2D eigenvalue weighted by atomic mass is 19.1. The summed E-state index contributed by atoms with van der Waals surface area (Å²) < 4.78 is 13.4. The van der Waals surface area contributed by atoms with Gasteiger partial charge >= 0.3 is 5.97 Å². The van der Waals surface area contributed by atoms with Crippen molar-refractivity contribution in [3.05, 3.63) is 71.5 Å². The van der Waals surface area contributed by atoms with E-state index in [9.17, 15) is 23.9 Å². The minimum Gasteiger partial charge on any atom is -0.480 e. The summed E-state index contributed by atoms with van der Waals surface area (Å²) in [6, 6.07) is 12.9. The van der Waals surface area contributed by atoms with Gasteiger partial charge in [-0.2, -0.15) is 0 Å². The average molecular weight is 386 g/mol. The van der Waals surface area contributed by atoms with Crippen molar-refractivity contribution in [2.24, 2.45) is 0 Å². The lowest BCUT2D eigenvalue weighted by atomic mass is 10.0. The largest absolute Gasteiger partial charge is 0.480 e. The van der Waals surface area contributed by atoms with E-state index in [1.54, 1.807) is 6.07 Å². The number of benzene rings is 2. The van der Waals surface area contributed by atoms with Crippen LogP contribution in [-0.4, -0.2) is 35.0 Å². The lowest BCUT2D eigenvalue weighted by Crippen LogP contribution is -2.52. The lowest BCUT2D eigenvalue weighted by Gasteiger charge is -2.21. The molecule has 0 saturated carbocycles. The fraction of sp³-hybridized carbons (Fsp3) is 0.286. The van der Waals surface area contributed by atoms with Crippen molar-refractivity contribution >= 4 is 17.8 Å². The second-order valence-corrected chi connectivity index (χ2v) is 6.51. The highest BCUT2D eigenvalue weighted by Gasteiger charge is 2.26. The van der Waals surface area contributed by atoms with Crippen LogP contribution in [0.5, 0.6) is 0 Å². The predicted octanol–water partition coefficient (Wildman–Crippen LogP) is 2.08. The van der Waals surface area contributed by atoms with Gasteiger partial charge in [-0.15, -0.1) is 0 Å². The molecule has 0 radical (unpaired) electrons. The van der Waals surface area contributed by atoms with Crippen LogP contribution in [0.25, 0.3) is 0 Å². The van der Waals surface area contributed by atoms with Crippen molar-refractivity contribution in [3.8, 4) is 0 Å². The molecular formula is C21H23FN2O4. The Morgan fingerprint density at radius 3 is 2.25 bits per heavy atom. The molecule has 2 amide bonds. The first kappa shape index (κ1) is 21.1. The fourth-order valence-corrected chi connectivity index (χ4v) is 2.84. The van der Waals surface area contributed by atoms with Crippen LogP contribution in [0.4, 0.5) is 4.39 Å². The molecule has 0 aliphatic carbocycles. The minimum atomic E-state index is -1.16. The summed E-state index contributed by atoms with van der Waals surface area (Å²) in [6.07, 6.45) is 0.735. The summed E-state index contributed by atoms with van der Waals surface area (Å²) in [6.45, 7) is 1.26. The van der Waals surface area contributed by atoms with Crippen LogP contribution in [0.2, 0.25) is 0 Å². The Labute approximate surface area is 162 Å². The fourth-order valence-electron chi connectivity index (χ4n) is 2.84.